The van der Waals surface area contributed by atoms with Crippen molar-refractivity contribution in [1.29, 1.82) is 0 Å². The van der Waals surface area contributed by atoms with Crippen molar-refractivity contribution in [2.75, 3.05) is 5.32 Å². The molecule has 10 nitrogen and oxygen atoms in total. The van der Waals surface area contributed by atoms with Crippen LogP contribution >= 0.6 is 12.2 Å². The van der Waals surface area contributed by atoms with Crippen LogP contribution in [-0.4, -0.2) is 27.0 Å². The summed E-state index contributed by atoms with van der Waals surface area (Å²) in [6.45, 7) is 3.76. The first kappa shape index (κ1) is 20.7. The number of anilines is 1. The summed E-state index contributed by atoms with van der Waals surface area (Å²) in [5.74, 6) is -0.220. The lowest BCUT2D eigenvalue weighted by atomic mass is 10.1. The van der Waals surface area contributed by atoms with Gasteiger partial charge in [-0.3, -0.25) is 30.3 Å². The first-order valence-electron chi connectivity index (χ1n) is 7.98. The number of benzene rings is 2. The van der Waals surface area contributed by atoms with Crippen molar-refractivity contribution in [3.05, 3.63) is 68.3 Å². The van der Waals surface area contributed by atoms with E-state index in [4.69, 9.17) is 17.0 Å². The van der Waals surface area contributed by atoms with Crippen LogP contribution < -0.4 is 15.4 Å². The second-order valence-corrected chi connectivity index (χ2v) is 6.26. The summed E-state index contributed by atoms with van der Waals surface area (Å²) in [5.41, 5.74) is -0.857. The number of nitro groups is 2. The van der Waals surface area contributed by atoms with E-state index in [0.29, 0.717) is 11.4 Å². The Kier molecular flexibility index (Phi) is 6.55. The van der Waals surface area contributed by atoms with Crippen molar-refractivity contribution in [2.24, 2.45) is 0 Å². The molecule has 2 rings (SSSR count). The fourth-order valence-electron chi connectivity index (χ4n) is 2.19. The van der Waals surface area contributed by atoms with Crippen molar-refractivity contribution in [3.8, 4) is 5.75 Å². The molecule has 0 unspecified atom stereocenters. The number of hydrogen-bond donors (Lipinski definition) is 2. The first-order chi connectivity index (χ1) is 13.2. The molecule has 0 saturated heterocycles. The van der Waals surface area contributed by atoms with Crippen LogP contribution in [0.2, 0.25) is 0 Å². The van der Waals surface area contributed by atoms with E-state index < -0.39 is 27.1 Å². The van der Waals surface area contributed by atoms with E-state index in [9.17, 15) is 25.0 Å². The fourth-order valence-corrected chi connectivity index (χ4v) is 2.40. The SMILES string of the molecule is CC(C)Oc1cccc(NC(=S)NC(=O)c2cc([N+](=O)[O-])cc([N+](=O)[O-])c2)c1. The predicted octanol–water partition coefficient (Wildman–Crippen LogP) is 3.42. The summed E-state index contributed by atoms with van der Waals surface area (Å²) in [5, 5.41) is 26.9. The Balaban J connectivity index is 2.13. The Morgan fingerprint density at radius 1 is 1.07 bits per heavy atom. The van der Waals surface area contributed by atoms with Crippen LogP contribution in [0.1, 0.15) is 24.2 Å². The predicted molar refractivity (Wildman–Crippen MR) is 106 cm³/mol. The van der Waals surface area contributed by atoms with Gasteiger partial charge in [-0.2, -0.15) is 0 Å². The average Bonchev–Trinajstić information content (AvgIpc) is 2.60. The van der Waals surface area contributed by atoms with Crippen LogP contribution in [0.15, 0.2) is 42.5 Å². The molecule has 0 heterocycles. The third-order valence-electron chi connectivity index (χ3n) is 3.28. The first-order valence-corrected chi connectivity index (χ1v) is 8.39. The van der Waals surface area contributed by atoms with E-state index in [2.05, 4.69) is 10.6 Å². The van der Waals surface area contributed by atoms with Gasteiger partial charge in [0.2, 0.25) is 0 Å². The van der Waals surface area contributed by atoms with E-state index in [1.165, 1.54) is 0 Å². The Bertz CT molecular complexity index is 915. The van der Waals surface area contributed by atoms with Crippen LogP contribution in [0.4, 0.5) is 17.1 Å². The molecule has 11 heteroatoms. The molecule has 1 amide bonds. The lowest BCUT2D eigenvalue weighted by Gasteiger charge is -2.13. The minimum Gasteiger partial charge on any atom is -0.491 e. The van der Waals surface area contributed by atoms with E-state index in [1.807, 2.05) is 13.8 Å². The highest BCUT2D eigenvalue weighted by molar-refractivity contribution is 7.80. The van der Waals surface area contributed by atoms with Crippen molar-refractivity contribution in [2.45, 2.75) is 20.0 Å². The topological polar surface area (TPSA) is 137 Å². The van der Waals surface area contributed by atoms with Gasteiger partial charge in [0.25, 0.3) is 17.3 Å². The molecule has 0 aliphatic rings. The lowest BCUT2D eigenvalue weighted by molar-refractivity contribution is -0.394. The van der Waals surface area contributed by atoms with Crippen molar-refractivity contribution >= 4 is 40.3 Å². The molecule has 146 valence electrons. The van der Waals surface area contributed by atoms with Crippen LogP contribution in [-0.2, 0) is 0 Å². The number of nitrogens with one attached hydrogen (secondary N) is 2. The number of thiocarbonyl (C=S) groups is 1. The molecule has 0 bridgehead atoms. The van der Waals surface area contributed by atoms with Crippen molar-refractivity contribution in [1.82, 2.24) is 5.32 Å². The minimum atomic E-state index is -0.820. The second-order valence-electron chi connectivity index (χ2n) is 5.85. The van der Waals surface area contributed by atoms with Gasteiger partial charge in [0.05, 0.1) is 27.6 Å². The number of nitro benzene ring substituents is 2. The highest BCUT2D eigenvalue weighted by atomic mass is 32.1. The van der Waals surface area contributed by atoms with E-state index >= 15 is 0 Å². The molecule has 0 radical (unpaired) electrons. The average molecular weight is 404 g/mol. The molecule has 0 atom stereocenters. The maximum Gasteiger partial charge on any atom is 0.277 e. The zero-order chi connectivity index (χ0) is 20.8. The van der Waals surface area contributed by atoms with Crippen molar-refractivity contribution < 1.29 is 19.4 Å². The van der Waals surface area contributed by atoms with Crippen molar-refractivity contribution in [3.63, 3.8) is 0 Å². The Hall–Kier alpha value is -3.60. The maximum absolute atomic E-state index is 12.3. The van der Waals surface area contributed by atoms with Gasteiger partial charge in [-0.05, 0) is 38.2 Å². The summed E-state index contributed by atoms with van der Waals surface area (Å²) in [7, 11) is 0. The summed E-state index contributed by atoms with van der Waals surface area (Å²) >= 11 is 5.06. The van der Waals surface area contributed by atoms with Crippen LogP contribution in [0, 0.1) is 20.2 Å². The summed E-state index contributed by atoms with van der Waals surface area (Å²) in [6.07, 6.45) is -0.0217. The number of nitrogens with zero attached hydrogens (tertiary/aromatic N) is 2. The van der Waals surface area contributed by atoms with Gasteiger partial charge in [0, 0.05) is 23.9 Å². The Labute approximate surface area is 164 Å². The monoisotopic (exact) mass is 404 g/mol. The fraction of sp³-hybridized carbons (Fsp3) is 0.176. The third kappa shape index (κ3) is 5.71. The summed E-state index contributed by atoms with van der Waals surface area (Å²) in [6, 6.07) is 9.50. The van der Waals surface area contributed by atoms with Crippen LogP contribution in [0.5, 0.6) is 5.75 Å². The number of rotatable bonds is 6. The molecule has 0 saturated carbocycles. The zero-order valence-electron chi connectivity index (χ0n) is 14.9. The molecular formula is C17H16N4O6S. The molecule has 2 aromatic carbocycles. The van der Waals surface area contributed by atoms with E-state index in [-0.39, 0.29) is 16.8 Å². The number of carbonyl (C=O) groups is 1. The largest absolute Gasteiger partial charge is 0.491 e. The van der Waals surface area contributed by atoms with Gasteiger partial charge >= 0.3 is 0 Å². The quantitative estimate of drug-likeness (QED) is 0.424. The molecule has 28 heavy (non-hydrogen) atoms. The standard InChI is InChI=1S/C17H16N4O6S/c1-10(2)27-15-5-3-4-12(8-15)18-17(28)19-16(22)11-6-13(20(23)24)9-14(7-11)21(25)26/h3-10H,1-2H3,(H2,18,19,22,28). The van der Waals surface area contributed by atoms with Gasteiger partial charge in [-0.25, -0.2) is 0 Å². The number of ether oxygens (including phenoxy) is 1. The van der Waals surface area contributed by atoms with Gasteiger partial charge in [-0.1, -0.05) is 6.07 Å². The maximum atomic E-state index is 12.3. The molecule has 0 aliphatic carbocycles. The Morgan fingerprint density at radius 3 is 2.21 bits per heavy atom. The Morgan fingerprint density at radius 2 is 1.68 bits per heavy atom. The van der Waals surface area contributed by atoms with Gasteiger partial charge in [-0.15, -0.1) is 0 Å². The van der Waals surface area contributed by atoms with Gasteiger partial charge < -0.3 is 10.1 Å². The highest BCUT2D eigenvalue weighted by Gasteiger charge is 2.20. The molecular weight excluding hydrogens is 388 g/mol. The number of hydrogen-bond acceptors (Lipinski definition) is 7. The molecule has 0 aromatic heterocycles. The molecule has 0 spiro atoms. The third-order valence-corrected chi connectivity index (χ3v) is 3.48. The van der Waals surface area contributed by atoms with Gasteiger partial charge in [0.1, 0.15) is 5.75 Å². The molecule has 0 fully saturated rings. The normalized spacial score (nSPS) is 10.2. The smallest absolute Gasteiger partial charge is 0.277 e. The second kappa shape index (κ2) is 8.86. The number of non-ortho nitro benzene ring substituents is 2. The molecule has 0 aliphatic heterocycles. The van der Waals surface area contributed by atoms with Gasteiger partial charge in [0.15, 0.2) is 5.11 Å². The number of carbonyl (C=O) groups excluding carboxylic acids is 1. The van der Waals surface area contributed by atoms with E-state index in [0.717, 1.165) is 18.2 Å². The van der Waals surface area contributed by atoms with Crippen LogP contribution in [0.3, 0.4) is 0 Å². The molecule has 2 aromatic rings. The lowest BCUT2D eigenvalue weighted by Crippen LogP contribution is -2.34. The summed E-state index contributed by atoms with van der Waals surface area (Å²) < 4.78 is 5.56. The zero-order valence-corrected chi connectivity index (χ0v) is 15.7. The minimum absolute atomic E-state index is 0.0217. The highest BCUT2D eigenvalue weighted by Crippen LogP contribution is 2.23. The number of amides is 1. The van der Waals surface area contributed by atoms with Crippen LogP contribution in [0.25, 0.3) is 0 Å². The van der Waals surface area contributed by atoms with E-state index in [1.54, 1.807) is 24.3 Å². The molecule has 2 N–H and O–H groups in total. The summed E-state index contributed by atoms with van der Waals surface area (Å²) in [4.78, 5) is 32.5.